The average Bonchev–Trinajstić information content (AvgIpc) is 2.89. The molecule has 0 bridgehead atoms. The van der Waals surface area contributed by atoms with Crippen LogP contribution in [0.2, 0.25) is 0 Å². The minimum Gasteiger partial charge on any atom is -0.488 e. The zero-order chi connectivity index (χ0) is 26.8. The number of nitrogens with two attached hydrogens (primary N) is 1. The van der Waals surface area contributed by atoms with Crippen molar-refractivity contribution in [1.29, 1.82) is 5.41 Å². The summed E-state index contributed by atoms with van der Waals surface area (Å²) < 4.78 is 47.3. The molecule has 0 aliphatic rings. The summed E-state index contributed by atoms with van der Waals surface area (Å²) in [5.41, 5.74) is 6.97. The molecule has 1 atom stereocenters. The second-order valence-electron chi connectivity index (χ2n) is 7.96. The molecule has 3 N–H and O–H groups in total. The Morgan fingerprint density at radius 1 is 1.03 bits per heavy atom. The number of hydrogen-bond donors (Lipinski definition) is 2. The summed E-state index contributed by atoms with van der Waals surface area (Å²) in [6, 6.07) is 18.2. The molecule has 0 saturated carbocycles. The first-order valence-electron chi connectivity index (χ1n) is 11.6. The molecule has 0 aliphatic heterocycles. The van der Waals surface area contributed by atoms with Gasteiger partial charge >= 0.3 is 0 Å². The molecule has 0 fully saturated rings. The van der Waals surface area contributed by atoms with Crippen molar-refractivity contribution in [3.8, 4) is 5.75 Å². The van der Waals surface area contributed by atoms with Crippen molar-refractivity contribution in [3.05, 3.63) is 101 Å². The molecular formula is C27H28ClF2N3O4. The number of amides is 1. The number of rotatable bonds is 13. The van der Waals surface area contributed by atoms with E-state index >= 15 is 4.39 Å². The molecular weight excluding hydrogens is 504 g/mol. The summed E-state index contributed by atoms with van der Waals surface area (Å²) in [4.78, 5) is 13.1. The molecule has 0 aromatic heterocycles. The zero-order valence-electron chi connectivity index (χ0n) is 20.3. The van der Waals surface area contributed by atoms with Gasteiger partial charge in [-0.3, -0.25) is 10.2 Å². The van der Waals surface area contributed by atoms with Crippen molar-refractivity contribution in [1.82, 2.24) is 4.42 Å². The van der Waals surface area contributed by atoms with Crippen LogP contribution >= 0.6 is 11.8 Å². The summed E-state index contributed by atoms with van der Waals surface area (Å²) in [7, 11) is 0. The number of ether oxygens (including phenoxy) is 3. The number of benzene rings is 3. The van der Waals surface area contributed by atoms with Gasteiger partial charge in [0, 0.05) is 23.9 Å². The molecule has 10 heteroatoms. The van der Waals surface area contributed by atoms with E-state index in [1.54, 1.807) is 31.2 Å². The van der Waals surface area contributed by atoms with Gasteiger partial charge in [-0.05, 0) is 30.2 Å². The Kier molecular flexibility index (Phi) is 10.4. The molecule has 1 unspecified atom stereocenters. The molecule has 1 amide bonds. The first-order valence-corrected chi connectivity index (χ1v) is 11.9. The van der Waals surface area contributed by atoms with Crippen molar-refractivity contribution in [3.63, 3.8) is 0 Å². The number of halogens is 3. The van der Waals surface area contributed by atoms with Crippen LogP contribution in [0.15, 0.2) is 66.7 Å². The lowest BCUT2D eigenvalue weighted by Gasteiger charge is -2.23. The number of nitrogen functional groups attached to an aromatic ring is 1. The largest absolute Gasteiger partial charge is 0.488 e. The highest BCUT2D eigenvalue weighted by molar-refractivity contribution is 6.21. The van der Waals surface area contributed by atoms with E-state index in [0.29, 0.717) is 17.7 Å². The summed E-state index contributed by atoms with van der Waals surface area (Å²) in [5, 5.41) is 7.45. The van der Waals surface area contributed by atoms with Gasteiger partial charge in [-0.1, -0.05) is 54.6 Å². The molecule has 7 nitrogen and oxygen atoms in total. The highest BCUT2D eigenvalue weighted by Crippen LogP contribution is 2.32. The van der Waals surface area contributed by atoms with Gasteiger partial charge in [0.15, 0.2) is 17.7 Å². The van der Waals surface area contributed by atoms with E-state index in [1.165, 1.54) is 0 Å². The Morgan fingerprint density at radius 2 is 1.73 bits per heavy atom. The second-order valence-corrected chi connectivity index (χ2v) is 8.37. The van der Waals surface area contributed by atoms with Crippen molar-refractivity contribution < 1.29 is 27.8 Å². The molecule has 0 radical (unpaired) electrons. The normalized spacial score (nSPS) is 11.7. The third-order valence-corrected chi connectivity index (χ3v) is 5.62. The Morgan fingerprint density at radius 3 is 2.38 bits per heavy atom. The predicted octanol–water partition coefficient (Wildman–Crippen LogP) is 5.10. The summed E-state index contributed by atoms with van der Waals surface area (Å²) in [6.07, 6.45) is -1.63. The number of carbonyl (C=O) groups is 1. The predicted molar refractivity (Wildman–Crippen MR) is 136 cm³/mol. The van der Waals surface area contributed by atoms with Crippen LogP contribution in [0.3, 0.4) is 0 Å². The molecule has 0 heterocycles. The van der Waals surface area contributed by atoms with Crippen molar-refractivity contribution in [2.45, 2.75) is 26.2 Å². The monoisotopic (exact) mass is 531 g/mol. The molecule has 196 valence electrons. The third-order valence-electron chi connectivity index (χ3n) is 5.33. The fourth-order valence-electron chi connectivity index (χ4n) is 3.48. The van der Waals surface area contributed by atoms with E-state index in [0.717, 1.165) is 22.1 Å². The number of nitrogens with one attached hydrogen (secondary N) is 1. The number of carbonyl (C=O) groups excluding carboxylic acids is 1. The minimum absolute atomic E-state index is 0.00569. The lowest BCUT2D eigenvalue weighted by molar-refractivity contribution is -0.139. The van der Waals surface area contributed by atoms with Crippen LogP contribution < -0.4 is 10.5 Å². The van der Waals surface area contributed by atoms with Crippen LogP contribution in [0.1, 0.15) is 35.3 Å². The summed E-state index contributed by atoms with van der Waals surface area (Å²) in [5.74, 6) is -3.20. The van der Waals surface area contributed by atoms with Crippen molar-refractivity contribution in [2.75, 3.05) is 19.8 Å². The molecule has 0 spiro atoms. The smallest absolute Gasteiger partial charge is 0.271 e. The lowest BCUT2D eigenvalue weighted by atomic mass is 10.1. The molecule has 3 aromatic rings. The van der Waals surface area contributed by atoms with Crippen LogP contribution in [-0.2, 0) is 27.4 Å². The molecule has 3 rings (SSSR count). The van der Waals surface area contributed by atoms with E-state index < -0.39 is 29.2 Å². The van der Waals surface area contributed by atoms with Crippen LogP contribution in [0.5, 0.6) is 5.75 Å². The Bertz CT molecular complexity index is 1200. The molecule has 0 saturated heterocycles. The number of amidine groups is 1. The minimum atomic E-state index is -1.63. The average molecular weight is 532 g/mol. The standard InChI is InChI=1S/C27H28ClF2N3O4/c1-2-36-25(27(34)33(28)16-18-8-10-20(11-9-18)26(31)32)23-21(29)12-13-22(24(23)30)37-15-14-35-17-19-6-4-3-5-7-19/h3-13,25H,2,14-17H2,1H3,(H3,31,32). The lowest BCUT2D eigenvalue weighted by Crippen LogP contribution is -2.30. The summed E-state index contributed by atoms with van der Waals surface area (Å²) >= 11 is 6.21. The number of hydrogen-bond acceptors (Lipinski definition) is 5. The highest BCUT2D eigenvalue weighted by atomic mass is 35.5. The van der Waals surface area contributed by atoms with Gasteiger partial charge in [0.05, 0.1) is 25.3 Å². The Labute approximate surface area is 219 Å². The van der Waals surface area contributed by atoms with Crippen molar-refractivity contribution >= 4 is 23.5 Å². The first-order chi connectivity index (χ1) is 17.8. The Hall–Kier alpha value is -3.53. The van der Waals surface area contributed by atoms with Crippen LogP contribution in [0.4, 0.5) is 8.78 Å². The van der Waals surface area contributed by atoms with E-state index in [2.05, 4.69) is 0 Å². The van der Waals surface area contributed by atoms with E-state index in [9.17, 15) is 9.18 Å². The van der Waals surface area contributed by atoms with Gasteiger partial charge in [0.25, 0.3) is 5.91 Å². The van der Waals surface area contributed by atoms with Gasteiger partial charge in [-0.25, -0.2) is 13.2 Å². The first kappa shape index (κ1) is 28.0. The fraction of sp³-hybridized carbons (Fsp3) is 0.259. The summed E-state index contributed by atoms with van der Waals surface area (Å²) in [6.45, 7) is 2.09. The number of nitrogens with zero attached hydrogens (tertiary/aromatic N) is 1. The maximum atomic E-state index is 15.3. The SMILES string of the molecule is CCOC(C(=O)N(Cl)Cc1ccc(C(=N)N)cc1)c1c(F)ccc(OCCOCc2ccccc2)c1F. The molecule has 0 aliphatic carbocycles. The third kappa shape index (κ3) is 7.72. The van der Waals surface area contributed by atoms with Gasteiger partial charge in [-0.15, -0.1) is 0 Å². The fourth-order valence-corrected chi connectivity index (χ4v) is 3.70. The molecule has 37 heavy (non-hydrogen) atoms. The maximum Gasteiger partial charge on any atom is 0.271 e. The Balaban J connectivity index is 1.68. The topological polar surface area (TPSA) is 97.9 Å². The maximum absolute atomic E-state index is 15.3. The van der Waals surface area contributed by atoms with E-state index in [4.69, 9.17) is 37.1 Å². The molecule has 3 aromatic carbocycles. The van der Waals surface area contributed by atoms with Crippen LogP contribution in [0, 0.1) is 17.0 Å². The second kappa shape index (κ2) is 13.7. The zero-order valence-corrected chi connectivity index (χ0v) is 21.0. The van der Waals surface area contributed by atoms with E-state index in [1.807, 2.05) is 30.3 Å². The van der Waals surface area contributed by atoms with Gasteiger partial charge in [0.2, 0.25) is 0 Å². The van der Waals surface area contributed by atoms with Crippen LogP contribution in [-0.4, -0.2) is 36.0 Å². The van der Waals surface area contributed by atoms with Crippen molar-refractivity contribution in [2.24, 2.45) is 5.73 Å². The van der Waals surface area contributed by atoms with Gasteiger partial charge in [0.1, 0.15) is 18.3 Å². The van der Waals surface area contributed by atoms with E-state index in [-0.39, 0.29) is 38.0 Å². The van der Waals surface area contributed by atoms with Crippen LogP contribution in [0.25, 0.3) is 0 Å². The highest BCUT2D eigenvalue weighted by Gasteiger charge is 2.32. The van der Waals surface area contributed by atoms with Gasteiger partial charge < -0.3 is 19.9 Å². The van der Waals surface area contributed by atoms with Gasteiger partial charge in [-0.2, -0.15) is 0 Å². The quantitative estimate of drug-likeness (QED) is 0.138.